The summed E-state index contributed by atoms with van der Waals surface area (Å²) in [6, 6.07) is 4.56. The molecule has 112 valence electrons. The van der Waals surface area contributed by atoms with Crippen LogP contribution in [-0.2, 0) is 11.3 Å². The van der Waals surface area contributed by atoms with Gasteiger partial charge in [-0.15, -0.1) is 0 Å². The van der Waals surface area contributed by atoms with Crippen molar-refractivity contribution < 1.29 is 14.2 Å². The molecule has 8 heteroatoms. The van der Waals surface area contributed by atoms with Crippen LogP contribution < -0.4 is 5.32 Å². The summed E-state index contributed by atoms with van der Waals surface area (Å²) in [5.41, 5.74) is 1.44. The van der Waals surface area contributed by atoms with E-state index in [1.165, 1.54) is 12.1 Å². The average molecular weight is 292 g/mol. The highest BCUT2D eigenvalue weighted by Crippen LogP contribution is 2.25. The zero-order valence-corrected chi connectivity index (χ0v) is 11.8. The molecule has 21 heavy (non-hydrogen) atoms. The molecule has 2 aromatic rings. The van der Waals surface area contributed by atoms with Gasteiger partial charge in [-0.3, -0.25) is 10.1 Å². The topological polar surface area (TPSA) is 103 Å². The van der Waals surface area contributed by atoms with E-state index in [2.05, 4.69) is 15.5 Å². The van der Waals surface area contributed by atoms with Crippen LogP contribution in [0, 0.1) is 17.0 Å². The second-order valence-corrected chi connectivity index (χ2v) is 4.44. The summed E-state index contributed by atoms with van der Waals surface area (Å²) in [6.07, 6.45) is 0. The minimum absolute atomic E-state index is 0.000157. The lowest BCUT2D eigenvalue weighted by Crippen LogP contribution is -2.18. The first-order valence-corrected chi connectivity index (χ1v) is 6.39. The van der Waals surface area contributed by atoms with Gasteiger partial charge in [0.25, 0.3) is 5.69 Å². The summed E-state index contributed by atoms with van der Waals surface area (Å²) in [4.78, 5) is 14.6. The van der Waals surface area contributed by atoms with Crippen molar-refractivity contribution in [3.8, 4) is 11.4 Å². The maximum absolute atomic E-state index is 10.8. The smallest absolute Gasteiger partial charge is 0.270 e. The molecule has 8 nitrogen and oxygen atoms in total. The van der Waals surface area contributed by atoms with E-state index in [0.717, 1.165) is 5.56 Å². The molecule has 0 saturated heterocycles. The molecule has 1 aromatic heterocycles. The van der Waals surface area contributed by atoms with Crippen LogP contribution in [0.5, 0.6) is 0 Å². The van der Waals surface area contributed by atoms with Gasteiger partial charge in [0.1, 0.15) is 0 Å². The van der Waals surface area contributed by atoms with Gasteiger partial charge in [0, 0.05) is 31.4 Å². The predicted molar refractivity (Wildman–Crippen MR) is 74.7 cm³/mol. The van der Waals surface area contributed by atoms with Gasteiger partial charge in [-0.1, -0.05) is 11.2 Å². The molecule has 0 amide bonds. The number of hydrogen-bond acceptors (Lipinski definition) is 7. The molecule has 0 atom stereocenters. The van der Waals surface area contributed by atoms with E-state index in [4.69, 9.17) is 9.26 Å². The number of nitrogens with zero attached hydrogens (tertiary/aromatic N) is 3. The van der Waals surface area contributed by atoms with Crippen LogP contribution in [0.15, 0.2) is 22.7 Å². The molecule has 0 bridgehead atoms. The molecular weight excluding hydrogens is 276 g/mol. The van der Waals surface area contributed by atoms with Crippen molar-refractivity contribution in [2.75, 3.05) is 20.3 Å². The number of nitro benzene ring substituents is 1. The van der Waals surface area contributed by atoms with E-state index < -0.39 is 4.92 Å². The van der Waals surface area contributed by atoms with Gasteiger partial charge in [-0.25, -0.2) is 0 Å². The zero-order valence-electron chi connectivity index (χ0n) is 11.8. The lowest BCUT2D eigenvalue weighted by atomic mass is 10.1. The molecule has 1 N–H and O–H groups in total. The van der Waals surface area contributed by atoms with Crippen molar-refractivity contribution >= 4 is 5.69 Å². The maximum atomic E-state index is 10.8. The summed E-state index contributed by atoms with van der Waals surface area (Å²) in [7, 11) is 1.62. The van der Waals surface area contributed by atoms with Crippen LogP contribution in [0.4, 0.5) is 5.69 Å². The molecule has 2 rings (SSSR count). The van der Waals surface area contributed by atoms with E-state index >= 15 is 0 Å². The number of benzene rings is 1. The third-order valence-corrected chi connectivity index (χ3v) is 2.90. The van der Waals surface area contributed by atoms with Crippen molar-refractivity contribution in [3.05, 3.63) is 39.8 Å². The fraction of sp³-hybridized carbons (Fsp3) is 0.385. The summed E-state index contributed by atoms with van der Waals surface area (Å²) in [5.74, 6) is 0.770. The first-order valence-electron chi connectivity index (χ1n) is 6.39. The Bertz CT molecular complexity index is 626. The Kier molecular flexibility index (Phi) is 4.96. The molecule has 1 aromatic carbocycles. The van der Waals surface area contributed by atoms with Crippen molar-refractivity contribution in [2.45, 2.75) is 13.5 Å². The van der Waals surface area contributed by atoms with E-state index in [1.54, 1.807) is 13.2 Å². The third-order valence-electron chi connectivity index (χ3n) is 2.90. The summed E-state index contributed by atoms with van der Waals surface area (Å²) in [5, 5.41) is 17.8. The number of non-ortho nitro benzene ring substituents is 1. The highest BCUT2D eigenvalue weighted by molar-refractivity contribution is 5.63. The molecule has 0 aliphatic carbocycles. The van der Waals surface area contributed by atoms with E-state index in [9.17, 15) is 10.1 Å². The van der Waals surface area contributed by atoms with E-state index in [1.807, 2.05) is 6.92 Å². The maximum Gasteiger partial charge on any atom is 0.270 e. The van der Waals surface area contributed by atoms with Crippen LogP contribution in [0.1, 0.15) is 11.5 Å². The summed E-state index contributed by atoms with van der Waals surface area (Å²) >= 11 is 0. The van der Waals surface area contributed by atoms with Crippen LogP contribution in [0.3, 0.4) is 0 Å². The Morgan fingerprint density at radius 3 is 3.00 bits per heavy atom. The van der Waals surface area contributed by atoms with Crippen molar-refractivity contribution in [1.29, 1.82) is 0 Å². The number of hydrogen-bond donors (Lipinski definition) is 1. The molecule has 0 fully saturated rings. The molecule has 1 heterocycles. The first-order chi connectivity index (χ1) is 10.1. The lowest BCUT2D eigenvalue weighted by molar-refractivity contribution is -0.384. The van der Waals surface area contributed by atoms with Crippen molar-refractivity contribution in [2.24, 2.45) is 0 Å². The number of ether oxygens (including phenoxy) is 1. The Balaban J connectivity index is 2.13. The Morgan fingerprint density at radius 1 is 1.48 bits per heavy atom. The normalized spacial score (nSPS) is 10.8. The average Bonchev–Trinajstić information content (AvgIpc) is 2.92. The fourth-order valence-corrected chi connectivity index (χ4v) is 1.77. The third kappa shape index (κ3) is 3.83. The first kappa shape index (κ1) is 15.1. The van der Waals surface area contributed by atoms with Gasteiger partial charge in [-0.05, 0) is 12.5 Å². The largest absolute Gasteiger partial charge is 0.383 e. The van der Waals surface area contributed by atoms with Gasteiger partial charge in [0.15, 0.2) is 0 Å². The SMILES string of the molecule is COCCNCc1nc(-c2cc([N+](=O)[O-])ccc2C)no1. The monoisotopic (exact) mass is 292 g/mol. The van der Waals surface area contributed by atoms with Crippen LogP contribution in [0.25, 0.3) is 11.4 Å². The molecule has 0 aliphatic heterocycles. The number of nitrogens with one attached hydrogen (secondary N) is 1. The van der Waals surface area contributed by atoms with Crippen LogP contribution >= 0.6 is 0 Å². The molecule has 0 unspecified atom stereocenters. The molecule has 0 spiro atoms. The van der Waals surface area contributed by atoms with Crippen molar-refractivity contribution in [3.63, 3.8) is 0 Å². The number of rotatable bonds is 7. The Labute approximate surface area is 121 Å². The number of aromatic nitrogens is 2. The van der Waals surface area contributed by atoms with Crippen molar-refractivity contribution in [1.82, 2.24) is 15.5 Å². The minimum Gasteiger partial charge on any atom is -0.383 e. The summed E-state index contributed by atoms with van der Waals surface area (Å²) < 4.78 is 10.0. The minimum atomic E-state index is -0.448. The predicted octanol–water partition coefficient (Wildman–Crippen LogP) is 1.69. The van der Waals surface area contributed by atoms with Crippen LogP contribution in [0.2, 0.25) is 0 Å². The Morgan fingerprint density at radius 2 is 2.29 bits per heavy atom. The second-order valence-electron chi connectivity index (χ2n) is 4.44. The summed E-state index contributed by atoms with van der Waals surface area (Å²) in [6.45, 7) is 3.52. The molecular formula is C13H16N4O4. The quantitative estimate of drug-likeness (QED) is 0.470. The molecule has 0 aliphatic rings. The number of aryl methyl sites for hydroxylation is 1. The van der Waals surface area contributed by atoms with Gasteiger partial charge in [0.05, 0.1) is 18.1 Å². The lowest BCUT2D eigenvalue weighted by Gasteiger charge is -2.00. The van der Waals surface area contributed by atoms with Gasteiger partial charge < -0.3 is 14.6 Å². The standard InChI is InChI=1S/C13H16N4O4/c1-9-3-4-10(17(18)19)7-11(9)13-15-12(21-16-13)8-14-5-6-20-2/h3-4,7,14H,5-6,8H2,1-2H3. The fourth-order valence-electron chi connectivity index (χ4n) is 1.77. The number of methoxy groups -OCH3 is 1. The zero-order chi connectivity index (χ0) is 15.2. The van der Waals surface area contributed by atoms with E-state index in [-0.39, 0.29) is 5.69 Å². The highest BCUT2D eigenvalue weighted by atomic mass is 16.6. The van der Waals surface area contributed by atoms with Crippen LogP contribution in [-0.4, -0.2) is 35.3 Å². The van der Waals surface area contributed by atoms with Gasteiger partial charge >= 0.3 is 0 Å². The highest BCUT2D eigenvalue weighted by Gasteiger charge is 2.15. The van der Waals surface area contributed by atoms with Gasteiger partial charge in [0.2, 0.25) is 11.7 Å². The number of nitro groups is 1. The van der Waals surface area contributed by atoms with Gasteiger partial charge in [-0.2, -0.15) is 4.98 Å². The molecule has 0 radical (unpaired) electrons. The Hall–Kier alpha value is -2.32. The molecule has 0 saturated carbocycles. The second kappa shape index (κ2) is 6.91. The van der Waals surface area contributed by atoms with E-state index in [0.29, 0.717) is 37.0 Å².